The maximum atomic E-state index is 12.5. The van der Waals surface area contributed by atoms with Gasteiger partial charge in [-0.3, -0.25) is 0 Å². The summed E-state index contributed by atoms with van der Waals surface area (Å²) in [5.74, 6) is 2.30. The van der Waals surface area contributed by atoms with Gasteiger partial charge in [-0.25, -0.2) is 14.8 Å². The maximum Gasteiger partial charge on any atom is 0.410 e. The SMILES string of the molecule is COc1cc2nc(C)nc(NC(C)c3ccc(-c4ccccc4CN(C)C(=O)OC(C)(C)C)s3)c2cc1I. The number of carbonyl (C=O) groups is 1. The van der Waals surface area contributed by atoms with Crippen LogP contribution in [0.1, 0.15) is 50.0 Å². The summed E-state index contributed by atoms with van der Waals surface area (Å²) < 4.78 is 12.0. The highest BCUT2D eigenvalue weighted by Gasteiger charge is 2.21. The van der Waals surface area contributed by atoms with E-state index in [1.807, 2.05) is 45.9 Å². The molecule has 2 aromatic carbocycles. The summed E-state index contributed by atoms with van der Waals surface area (Å²) in [5.41, 5.74) is 2.49. The van der Waals surface area contributed by atoms with Gasteiger partial charge in [0.25, 0.3) is 0 Å². The molecule has 200 valence electrons. The van der Waals surface area contributed by atoms with Crippen molar-refractivity contribution >= 4 is 56.7 Å². The van der Waals surface area contributed by atoms with Crippen molar-refractivity contribution in [3.8, 4) is 16.2 Å². The number of fused-ring (bicyclic) bond motifs is 1. The first kappa shape index (κ1) is 28.1. The molecule has 1 amide bonds. The minimum Gasteiger partial charge on any atom is -0.496 e. The van der Waals surface area contributed by atoms with Crippen LogP contribution in [0, 0.1) is 10.5 Å². The van der Waals surface area contributed by atoms with Crippen LogP contribution in [0.5, 0.6) is 5.75 Å². The summed E-state index contributed by atoms with van der Waals surface area (Å²) in [4.78, 5) is 25.8. The number of halogens is 1. The third-order valence-electron chi connectivity index (χ3n) is 5.88. The van der Waals surface area contributed by atoms with Crippen molar-refractivity contribution in [1.82, 2.24) is 14.9 Å². The number of aromatic nitrogens is 2. The van der Waals surface area contributed by atoms with Crippen molar-refractivity contribution < 1.29 is 14.3 Å². The van der Waals surface area contributed by atoms with Crippen LogP contribution in [-0.4, -0.2) is 40.7 Å². The molecule has 1 N–H and O–H groups in total. The first-order valence-electron chi connectivity index (χ1n) is 12.4. The fourth-order valence-corrected chi connectivity index (χ4v) is 5.84. The van der Waals surface area contributed by atoms with Gasteiger partial charge in [-0.05, 0) is 86.5 Å². The van der Waals surface area contributed by atoms with E-state index >= 15 is 0 Å². The molecular weight excluding hydrogens is 611 g/mol. The van der Waals surface area contributed by atoms with E-state index in [1.54, 1.807) is 30.4 Å². The average molecular weight is 645 g/mol. The summed E-state index contributed by atoms with van der Waals surface area (Å²) >= 11 is 4.00. The van der Waals surface area contributed by atoms with E-state index in [0.29, 0.717) is 12.4 Å². The highest BCUT2D eigenvalue weighted by atomic mass is 127. The normalized spacial score (nSPS) is 12.3. The van der Waals surface area contributed by atoms with Gasteiger partial charge in [-0.1, -0.05) is 24.3 Å². The van der Waals surface area contributed by atoms with Gasteiger partial charge in [-0.15, -0.1) is 11.3 Å². The molecule has 4 aromatic rings. The molecule has 0 fully saturated rings. The number of hydrogen-bond acceptors (Lipinski definition) is 7. The number of benzene rings is 2. The molecule has 0 bridgehead atoms. The fourth-order valence-electron chi connectivity index (χ4n) is 4.08. The lowest BCUT2D eigenvalue weighted by atomic mass is 10.1. The Morgan fingerprint density at radius 3 is 2.61 bits per heavy atom. The minimum atomic E-state index is -0.533. The Hall–Kier alpha value is -2.92. The number of aryl methyl sites for hydroxylation is 1. The Morgan fingerprint density at radius 2 is 1.89 bits per heavy atom. The van der Waals surface area contributed by atoms with Gasteiger partial charge in [0.05, 0.1) is 22.2 Å². The van der Waals surface area contributed by atoms with Gasteiger partial charge < -0.3 is 19.7 Å². The highest BCUT2D eigenvalue weighted by molar-refractivity contribution is 14.1. The van der Waals surface area contributed by atoms with E-state index in [0.717, 1.165) is 42.0 Å². The zero-order valence-corrected chi connectivity index (χ0v) is 25.7. The fraction of sp³-hybridized carbons (Fsp3) is 0.345. The molecule has 0 saturated heterocycles. The van der Waals surface area contributed by atoms with Crippen molar-refractivity contribution in [1.29, 1.82) is 0 Å². The average Bonchev–Trinajstić information content (AvgIpc) is 3.33. The number of hydrogen-bond donors (Lipinski definition) is 1. The van der Waals surface area contributed by atoms with Crippen molar-refractivity contribution in [3.63, 3.8) is 0 Å². The summed E-state index contributed by atoms with van der Waals surface area (Å²) in [6.07, 6.45) is -0.336. The Bertz CT molecular complexity index is 1460. The molecule has 9 heteroatoms. The molecule has 0 spiro atoms. The molecule has 1 unspecified atom stereocenters. The quantitative estimate of drug-likeness (QED) is 0.207. The van der Waals surface area contributed by atoms with E-state index in [9.17, 15) is 4.79 Å². The molecule has 0 aliphatic heterocycles. The summed E-state index contributed by atoms with van der Waals surface area (Å²) in [5, 5.41) is 4.56. The number of nitrogens with one attached hydrogen (secondary N) is 1. The van der Waals surface area contributed by atoms with E-state index in [4.69, 9.17) is 14.5 Å². The molecule has 2 heterocycles. The number of carbonyl (C=O) groups excluding carboxylic acids is 1. The number of anilines is 1. The number of amides is 1. The third kappa shape index (κ3) is 6.55. The molecule has 0 aliphatic carbocycles. The standard InChI is InChI=1S/C29H33IN4O3S/c1-17(31-27-21-14-22(30)24(36-7)15-23(21)32-18(2)33-27)25-12-13-26(38-25)20-11-9-8-10-19(20)16-34(6)28(35)37-29(3,4)5/h8-15,17H,16H2,1-7H3,(H,31,32,33). The molecule has 0 radical (unpaired) electrons. The number of rotatable bonds is 7. The third-order valence-corrected chi connectivity index (χ3v) is 8.03. The molecule has 2 aromatic heterocycles. The summed E-state index contributed by atoms with van der Waals surface area (Å²) in [7, 11) is 3.43. The number of thiophene rings is 1. The molecule has 38 heavy (non-hydrogen) atoms. The predicted molar refractivity (Wildman–Crippen MR) is 163 cm³/mol. The molecule has 1 atom stereocenters. The van der Waals surface area contributed by atoms with Gasteiger partial charge in [0, 0.05) is 34.8 Å². The number of nitrogens with zero attached hydrogens (tertiary/aromatic N) is 3. The monoisotopic (exact) mass is 644 g/mol. The molecular formula is C29H33IN4O3S. The first-order valence-corrected chi connectivity index (χ1v) is 14.2. The lowest BCUT2D eigenvalue weighted by Gasteiger charge is -2.25. The highest BCUT2D eigenvalue weighted by Crippen LogP contribution is 2.36. The van der Waals surface area contributed by atoms with Crippen molar-refractivity contribution in [2.45, 2.75) is 52.8 Å². The molecule has 0 aliphatic rings. The second kappa shape index (κ2) is 11.4. The minimum absolute atomic E-state index is 0.0302. The Kier molecular flexibility index (Phi) is 8.46. The Balaban J connectivity index is 1.57. The Morgan fingerprint density at radius 1 is 1.16 bits per heavy atom. The van der Waals surface area contributed by atoms with Gasteiger partial charge in [-0.2, -0.15) is 0 Å². The predicted octanol–water partition coefficient (Wildman–Crippen LogP) is 7.82. The van der Waals surface area contributed by atoms with Crippen LogP contribution >= 0.6 is 33.9 Å². The largest absolute Gasteiger partial charge is 0.496 e. The van der Waals surface area contributed by atoms with Crippen molar-refractivity contribution in [2.24, 2.45) is 0 Å². The van der Waals surface area contributed by atoms with E-state index < -0.39 is 5.60 Å². The second-order valence-electron chi connectivity index (χ2n) is 10.2. The summed E-state index contributed by atoms with van der Waals surface area (Å²) in [6, 6.07) is 16.5. The van der Waals surface area contributed by atoms with Crippen molar-refractivity contribution in [2.75, 3.05) is 19.5 Å². The number of ether oxygens (including phenoxy) is 2. The lowest BCUT2D eigenvalue weighted by molar-refractivity contribution is 0.0285. The van der Waals surface area contributed by atoms with Crippen LogP contribution < -0.4 is 10.1 Å². The van der Waals surface area contributed by atoms with E-state index in [2.05, 4.69) is 70.1 Å². The van der Waals surface area contributed by atoms with E-state index in [-0.39, 0.29) is 12.1 Å². The van der Waals surface area contributed by atoms with Gasteiger partial charge in [0.2, 0.25) is 0 Å². The van der Waals surface area contributed by atoms with Crippen LogP contribution in [0.15, 0.2) is 48.5 Å². The van der Waals surface area contributed by atoms with Crippen LogP contribution in [0.25, 0.3) is 21.3 Å². The molecule has 4 rings (SSSR count). The van der Waals surface area contributed by atoms with Crippen LogP contribution in [0.4, 0.5) is 10.6 Å². The van der Waals surface area contributed by atoms with Gasteiger partial charge >= 0.3 is 6.09 Å². The van der Waals surface area contributed by atoms with Crippen molar-refractivity contribution in [3.05, 3.63) is 68.4 Å². The van der Waals surface area contributed by atoms with Gasteiger partial charge in [0.1, 0.15) is 23.0 Å². The Labute approximate surface area is 241 Å². The van der Waals surface area contributed by atoms with Gasteiger partial charge in [0.15, 0.2) is 0 Å². The molecule has 7 nitrogen and oxygen atoms in total. The second-order valence-corrected chi connectivity index (χ2v) is 12.5. The van der Waals surface area contributed by atoms with Crippen LogP contribution in [0.2, 0.25) is 0 Å². The van der Waals surface area contributed by atoms with Crippen LogP contribution in [0.3, 0.4) is 0 Å². The zero-order valence-electron chi connectivity index (χ0n) is 22.8. The maximum absolute atomic E-state index is 12.5. The number of methoxy groups -OCH3 is 1. The lowest BCUT2D eigenvalue weighted by Crippen LogP contribution is -2.33. The molecule has 0 saturated carbocycles. The van der Waals surface area contributed by atoms with E-state index in [1.165, 1.54) is 4.88 Å². The first-order chi connectivity index (χ1) is 17.9. The summed E-state index contributed by atoms with van der Waals surface area (Å²) in [6.45, 7) is 10.1. The zero-order chi connectivity index (χ0) is 27.6. The topological polar surface area (TPSA) is 76.6 Å². The smallest absolute Gasteiger partial charge is 0.410 e. The van der Waals surface area contributed by atoms with Crippen LogP contribution in [-0.2, 0) is 11.3 Å².